The molecule has 0 unspecified atom stereocenters. The summed E-state index contributed by atoms with van der Waals surface area (Å²) in [5, 5.41) is 18.7. The molecule has 2 aromatic carbocycles. The third-order valence-electron chi connectivity index (χ3n) is 4.90. The second-order valence-corrected chi connectivity index (χ2v) is 7.20. The number of carboxylic acid groups (broad SMARTS) is 1. The first kappa shape index (κ1) is 17.1. The molecule has 0 radical (unpaired) electrons. The Balaban J connectivity index is 1.86. The molecule has 0 bridgehead atoms. The summed E-state index contributed by atoms with van der Waals surface area (Å²) in [6, 6.07) is 10.9. The molecule has 3 rings (SSSR count). The molecule has 1 aliphatic carbocycles. The van der Waals surface area contributed by atoms with Crippen molar-refractivity contribution in [2.24, 2.45) is 0 Å². The Bertz CT molecular complexity index is 882. The van der Waals surface area contributed by atoms with Crippen LogP contribution in [0.15, 0.2) is 36.4 Å². The second kappa shape index (κ2) is 6.64. The van der Waals surface area contributed by atoms with Crippen LogP contribution in [0, 0.1) is 11.8 Å². The highest BCUT2D eigenvalue weighted by Crippen LogP contribution is 2.38. The average Bonchev–Trinajstić information content (AvgIpc) is 2.54. The average molecular weight is 334 g/mol. The number of carbonyl (C=O) groups is 1. The standard InChI is InChI=1S/C22H22O3/c1-22(2)13-5-10-17-9-4-8-16(20(17)22)7-3-6-15-11-12-18(21(24)25)19(23)14-15/h4,8-9,11-12,14,23H,5,7,10,13H2,1-2H3,(H,24,25). The van der Waals surface area contributed by atoms with Crippen molar-refractivity contribution in [1.82, 2.24) is 0 Å². The zero-order valence-corrected chi connectivity index (χ0v) is 14.6. The summed E-state index contributed by atoms with van der Waals surface area (Å²) in [4.78, 5) is 10.9. The number of benzene rings is 2. The molecule has 0 saturated carbocycles. The molecule has 2 aromatic rings. The molecule has 0 aromatic heterocycles. The van der Waals surface area contributed by atoms with Crippen LogP contribution in [0.5, 0.6) is 5.75 Å². The Kier molecular flexibility index (Phi) is 4.55. The Morgan fingerprint density at radius 2 is 2.04 bits per heavy atom. The van der Waals surface area contributed by atoms with Gasteiger partial charge in [-0.05, 0) is 59.6 Å². The fraction of sp³-hybridized carbons (Fsp3) is 0.318. The molecule has 3 nitrogen and oxygen atoms in total. The molecule has 25 heavy (non-hydrogen) atoms. The van der Waals surface area contributed by atoms with Gasteiger partial charge in [-0.15, -0.1) is 0 Å². The van der Waals surface area contributed by atoms with Gasteiger partial charge in [-0.25, -0.2) is 4.79 Å². The molecular formula is C22H22O3. The van der Waals surface area contributed by atoms with Gasteiger partial charge in [0.1, 0.15) is 11.3 Å². The van der Waals surface area contributed by atoms with Gasteiger partial charge in [-0.3, -0.25) is 0 Å². The summed E-state index contributed by atoms with van der Waals surface area (Å²) >= 11 is 0. The summed E-state index contributed by atoms with van der Waals surface area (Å²) in [6.45, 7) is 4.59. The lowest BCUT2D eigenvalue weighted by molar-refractivity contribution is 0.0693. The zero-order chi connectivity index (χ0) is 18.0. The monoisotopic (exact) mass is 334 g/mol. The quantitative estimate of drug-likeness (QED) is 0.805. The number of rotatable bonds is 2. The van der Waals surface area contributed by atoms with Crippen LogP contribution in [0.4, 0.5) is 0 Å². The van der Waals surface area contributed by atoms with E-state index in [9.17, 15) is 9.90 Å². The van der Waals surface area contributed by atoms with Crippen molar-refractivity contribution < 1.29 is 15.0 Å². The van der Waals surface area contributed by atoms with Gasteiger partial charge >= 0.3 is 5.97 Å². The maximum absolute atomic E-state index is 10.9. The number of fused-ring (bicyclic) bond motifs is 1. The van der Waals surface area contributed by atoms with E-state index >= 15 is 0 Å². The highest BCUT2D eigenvalue weighted by molar-refractivity contribution is 5.90. The van der Waals surface area contributed by atoms with Crippen molar-refractivity contribution in [2.75, 3.05) is 0 Å². The number of aryl methyl sites for hydroxylation is 1. The summed E-state index contributed by atoms with van der Waals surface area (Å²) < 4.78 is 0. The largest absolute Gasteiger partial charge is 0.507 e. The van der Waals surface area contributed by atoms with Gasteiger partial charge in [0.05, 0.1) is 0 Å². The fourth-order valence-electron chi connectivity index (χ4n) is 3.76. The van der Waals surface area contributed by atoms with E-state index in [-0.39, 0.29) is 16.7 Å². The SMILES string of the molecule is CC1(C)CCCc2cccc(CC#Cc3ccc(C(=O)O)c(O)c3)c21. The van der Waals surface area contributed by atoms with Crippen LogP contribution >= 0.6 is 0 Å². The maximum Gasteiger partial charge on any atom is 0.339 e. The van der Waals surface area contributed by atoms with E-state index in [1.165, 1.54) is 41.7 Å². The second-order valence-electron chi connectivity index (χ2n) is 7.20. The van der Waals surface area contributed by atoms with Crippen molar-refractivity contribution in [3.05, 3.63) is 64.2 Å². The molecule has 2 N–H and O–H groups in total. The fourth-order valence-corrected chi connectivity index (χ4v) is 3.76. The Labute approximate surface area is 148 Å². The predicted octanol–water partition coefficient (Wildman–Crippen LogP) is 4.30. The number of phenols is 1. The van der Waals surface area contributed by atoms with Gasteiger partial charge in [0.2, 0.25) is 0 Å². The van der Waals surface area contributed by atoms with Gasteiger partial charge in [0.25, 0.3) is 0 Å². The van der Waals surface area contributed by atoms with Crippen molar-refractivity contribution in [1.29, 1.82) is 0 Å². The topological polar surface area (TPSA) is 57.5 Å². The molecule has 1 aliphatic rings. The first-order valence-corrected chi connectivity index (χ1v) is 8.55. The van der Waals surface area contributed by atoms with Gasteiger partial charge in [0.15, 0.2) is 0 Å². The van der Waals surface area contributed by atoms with E-state index in [0.717, 1.165) is 6.42 Å². The van der Waals surface area contributed by atoms with Crippen molar-refractivity contribution >= 4 is 5.97 Å². The van der Waals surface area contributed by atoms with Crippen LogP contribution in [0.1, 0.15) is 59.3 Å². The summed E-state index contributed by atoms with van der Waals surface area (Å²) in [5.41, 5.74) is 4.81. The molecule has 0 fully saturated rings. The van der Waals surface area contributed by atoms with Crippen LogP contribution in [-0.4, -0.2) is 16.2 Å². The van der Waals surface area contributed by atoms with Gasteiger partial charge in [-0.2, -0.15) is 0 Å². The number of hydrogen-bond donors (Lipinski definition) is 2. The third-order valence-corrected chi connectivity index (χ3v) is 4.90. The number of carboxylic acids is 1. The minimum absolute atomic E-state index is 0.107. The smallest absolute Gasteiger partial charge is 0.339 e. The molecular weight excluding hydrogens is 312 g/mol. The third kappa shape index (κ3) is 3.53. The lowest BCUT2D eigenvalue weighted by atomic mass is 9.70. The van der Waals surface area contributed by atoms with Crippen molar-refractivity contribution in [3.63, 3.8) is 0 Å². The van der Waals surface area contributed by atoms with E-state index in [2.05, 4.69) is 43.9 Å². The highest BCUT2D eigenvalue weighted by atomic mass is 16.4. The molecule has 0 heterocycles. The molecule has 128 valence electrons. The van der Waals surface area contributed by atoms with E-state index in [1.807, 2.05) is 0 Å². The summed E-state index contributed by atoms with van der Waals surface area (Å²) in [5.74, 6) is 4.81. The molecule has 3 heteroatoms. The van der Waals surface area contributed by atoms with E-state index in [0.29, 0.717) is 12.0 Å². The van der Waals surface area contributed by atoms with Crippen LogP contribution in [0.2, 0.25) is 0 Å². The molecule has 0 amide bonds. The summed E-state index contributed by atoms with van der Waals surface area (Å²) in [6.07, 6.45) is 4.19. The number of aromatic carboxylic acids is 1. The van der Waals surface area contributed by atoms with Crippen LogP contribution in [0.3, 0.4) is 0 Å². The van der Waals surface area contributed by atoms with Crippen LogP contribution in [-0.2, 0) is 18.3 Å². The van der Waals surface area contributed by atoms with Gasteiger partial charge < -0.3 is 10.2 Å². The molecule has 0 spiro atoms. The highest BCUT2D eigenvalue weighted by Gasteiger charge is 2.29. The van der Waals surface area contributed by atoms with E-state index < -0.39 is 5.97 Å². The summed E-state index contributed by atoms with van der Waals surface area (Å²) in [7, 11) is 0. The van der Waals surface area contributed by atoms with Crippen LogP contribution in [0.25, 0.3) is 0 Å². The first-order chi connectivity index (χ1) is 11.9. The predicted molar refractivity (Wildman–Crippen MR) is 98.1 cm³/mol. The minimum atomic E-state index is -1.14. The van der Waals surface area contributed by atoms with Crippen molar-refractivity contribution in [3.8, 4) is 17.6 Å². The van der Waals surface area contributed by atoms with Gasteiger partial charge in [0, 0.05) is 12.0 Å². The minimum Gasteiger partial charge on any atom is -0.507 e. The van der Waals surface area contributed by atoms with Gasteiger partial charge in [-0.1, -0.05) is 43.9 Å². The Morgan fingerprint density at radius 3 is 2.76 bits per heavy atom. The number of aromatic hydroxyl groups is 1. The van der Waals surface area contributed by atoms with E-state index in [1.54, 1.807) is 6.07 Å². The van der Waals surface area contributed by atoms with Crippen molar-refractivity contribution in [2.45, 2.75) is 44.9 Å². The normalized spacial score (nSPS) is 15.0. The molecule has 0 atom stereocenters. The first-order valence-electron chi connectivity index (χ1n) is 8.55. The zero-order valence-electron chi connectivity index (χ0n) is 14.6. The lowest BCUT2D eigenvalue weighted by Gasteiger charge is -2.34. The Hall–Kier alpha value is -2.73. The molecule has 0 saturated heterocycles. The molecule has 0 aliphatic heterocycles. The van der Waals surface area contributed by atoms with E-state index in [4.69, 9.17) is 5.11 Å². The lowest BCUT2D eigenvalue weighted by Crippen LogP contribution is -2.25. The maximum atomic E-state index is 10.9. The Morgan fingerprint density at radius 1 is 1.24 bits per heavy atom. The number of hydrogen-bond acceptors (Lipinski definition) is 2. The van der Waals surface area contributed by atoms with Crippen LogP contribution < -0.4 is 0 Å².